The van der Waals surface area contributed by atoms with Crippen molar-refractivity contribution in [3.8, 4) is 11.5 Å². The summed E-state index contributed by atoms with van der Waals surface area (Å²) in [4.78, 5) is 27.4. The number of nitrogens with one attached hydrogen (secondary N) is 1. The zero-order valence-electron chi connectivity index (χ0n) is 16.9. The van der Waals surface area contributed by atoms with Gasteiger partial charge in [-0.05, 0) is 18.2 Å². The Morgan fingerprint density at radius 1 is 1.13 bits per heavy atom. The van der Waals surface area contributed by atoms with Crippen molar-refractivity contribution in [2.24, 2.45) is 5.10 Å². The molecule has 0 spiro atoms. The van der Waals surface area contributed by atoms with E-state index in [9.17, 15) is 14.9 Å². The number of amides is 1. The van der Waals surface area contributed by atoms with Gasteiger partial charge in [0.25, 0.3) is 5.69 Å². The Kier molecular flexibility index (Phi) is 6.27. The molecule has 0 bridgehead atoms. The molecule has 1 fully saturated rings. The quantitative estimate of drug-likeness (QED) is 0.410. The zero-order valence-corrected chi connectivity index (χ0v) is 16.9. The van der Waals surface area contributed by atoms with Gasteiger partial charge in [-0.1, -0.05) is 18.2 Å². The van der Waals surface area contributed by atoms with Gasteiger partial charge in [0, 0.05) is 44.8 Å². The summed E-state index contributed by atoms with van der Waals surface area (Å²) in [5, 5.41) is 15.1. The van der Waals surface area contributed by atoms with Crippen molar-refractivity contribution < 1.29 is 19.2 Å². The van der Waals surface area contributed by atoms with Gasteiger partial charge in [-0.3, -0.25) is 19.8 Å². The lowest BCUT2D eigenvalue weighted by Gasteiger charge is -2.36. The molecule has 0 aliphatic carbocycles. The molecule has 0 radical (unpaired) electrons. The summed E-state index contributed by atoms with van der Waals surface area (Å²) in [7, 11) is 0. The van der Waals surface area contributed by atoms with Gasteiger partial charge in [0.05, 0.1) is 22.8 Å². The van der Waals surface area contributed by atoms with Crippen LogP contribution in [0.15, 0.2) is 47.6 Å². The van der Waals surface area contributed by atoms with Gasteiger partial charge in [-0.25, -0.2) is 5.43 Å². The van der Waals surface area contributed by atoms with E-state index in [1.54, 1.807) is 0 Å². The van der Waals surface area contributed by atoms with Gasteiger partial charge in [0.1, 0.15) is 0 Å². The smallest absolute Gasteiger partial charge is 0.282 e. The molecule has 2 aliphatic rings. The lowest BCUT2D eigenvalue weighted by atomic mass is 10.1. The Labute approximate surface area is 179 Å². The molecule has 4 rings (SSSR count). The number of anilines is 1. The molecule has 2 aromatic carbocycles. The van der Waals surface area contributed by atoms with E-state index >= 15 is 0 Å². The lowest BCUT2D eigenvalue weighted by Crippen LogP contribution is -2.47. The number of fused-ring (bicyclic) bond motifs is 1. The van der Waals surface area contributed by atoms with E-state index < -0.39 is 4.92 Å². The average Bonchev–Trinajstić information content (AvgIpc) is 3.25. The predicted octanol–water partition coefficient (Wildman–Crippen LogP) is 1.99. The van der Waals surface area contributed by atoms with Crippen molar-refractivity contribution in [2.75, 3.05) is 44.4 Å². The molecular weight excluding hydrogens is 402 g/mol. The number of benzene rings is 2. The van der Waals surface area contributed by atoms with E-state index in [4.69, 9.17) is 9.47 Å². The highest BCUT2D eigenvalue weighted by atomic mass is 16.7. The highest BCUT2D eigenvalue weighted by molar-refractivity contribution is 5.88. The number of piperazine rings is 1. The first-order valence-electron chi connectivity index (χ1n) is 10.0. The molecule has 10 heteroatoms. The van der Waals surface area contributed by atoms with E-state index in [1.807, 2.05) is 18.2 Å². The first-order valence-corrected chi connectivity index (χ1v) is 10.0. The van der Waals surface area contributed by atoms with Crippen LogP contribution in [0.3, 0.4) is 0 Å². The molecule has 10 nitrogen and oxygen atoms in total. The van der Waals surface area contributed by atoms with Crippen LogP contribution in [-0.2, 0) is 4.79 Å². The summed E-state index contributed by atoms with van der Waals surface area (Å²) in [6.07, 6.45) is 1.54. The van der Waals surface area contributed by atoms with Crippen LogP contribution in [-0.4, -0.2) is 61.5 Å². The second-order valence-corrected chi connectivity index (χ2v) is 7.23. The maximum absolute atomic E-state index is 12.1. The zero-order chi connectivity index (χ0) is 21.6. The Bertz CT molecular complexity index is 974. The Morgan fingerprint density at radius 2 is 1.84 bits per heavy atom. The number of nitrogens with zero attached hydrogens (tertiary/aromatic N) is 4. The van der Waals surface area contributed by atoms with Gasteiger partial charge in [-0.2, -0.15) is 5.10 Å². The van der Waals surface area contributed by atoms with Crippen molar-refractivity contribution >= 4 is 23.5 Å². The molecule has 0 aromatic heterocycles. The van der Waals surface area contributed by atoms with E-state index in [-0.39, 0.29) is 24.0 Å². The standard InChI is InChI=1S/C21H23N5O5/c27-21(6-7-24-8-10-25(11-9-24)17-4-2-1-3-5-17)23-22-14-16-12-19-20(31-15-30-19)13-18(16)26(28)29/h1-5,12-14H,6-11,15H2,(H,23,27)/b22-14-. The van der Waals surface area contributed by atoms with Gasteiger partial charge in [0.15, 0.2) is 11.5 Å². The molecule has 2 aromatic rings. The number of ether oxygens (including phenoxy) is 2. The maximum Gasteiger partial charge on any atom is 0.282 e. The van der Waals surface area contributed by atoms with Crippen molar-refractivity contribution in [3.63, 3.8) is 0 Å². The van der Waals surface area contributed by atoms with Gasteiger partial charge >= 0.3 is 0 Å². The molecule has 2 aliphatic heterocycles. The van der Waals surface area contributed by atoms with Crippen molar-refractivity contribution in [1.82, 2.24) is 10.3 Å². The third kappa shape index (κ3) is 5.10. The van der Waals surface area contributed by atoms with E-state index in [2.05, 4.69) is 32.5 Å². The number of rotatable bonds is 7. The summed E-state index contributed by atoms with van der Waals surface area (Å²) in [6.45, 7) is 4.25. The van der Waals surface area contributed by atoms with Crippen LogP contribution in [0.1, 0.15) is 12.0 Å². The van der Waals surface area contributed by atoms with Crippen LogP contribution in [0.5, 0.6) is 11.5 Å². The minimum Gasteiger partial charge on any atom is -0.454 e. The molecular formula is C21H23N5O5. The molecule has 1 saturated heterocycles. The molecule has 162 valence electrons. The van der Waals surface area contributed by atoms with E-state index in [0.717, 1.165) is 26.2 Å². The van der Waals surface area contributed by atoms with Gasteiger partial charge in [-0.15, -0.1) is 0 Å². The van der Waals surface area contributed by atoms with E-state index in [0.29, 0.717) is 24.5 Å². The Morgan fingerprint density at radius 3 is 2.55 bits per heavy atom. The van der Waals surface area contributed by atoms with Crippen LogP contribution < -0.4 is 19.8 Å². The molecule has 0 atom stereocenters. The highest BCUT2D eigenvalue weighted by Gasteiger charge is 2.22. The maximum atomic E-state index is 12.1. The number of carbonyl (C=O) groups excluding carboxylic acids is 1. The summed E-state index contributed by atoms with van der Waals surface area (Å²) >= 11 is 0. The molecule has 1 N–H and O–H groups in total. The SMILES string of the molecule is O=C(CCN1CCN(c2ccccc2)CC1)N/N=C\c1cc2c(cc1[N+](=O)[O-])OCO2. The third-order valence-electron chi connectivity index (χ3n) is 5.26. The Hall–Kier alpha value is -3.66. The van der Waals surface area contributed by atoms with Crippen LogP contribution in [0.2, 0.25) is 0 Å². The fraction of sp³-hybridized carbons (Fsp3) is 0.333. The highest BCUT2D eigenvalue weighted by Crippen LogP contribution is 2.37. The normalized spacial score (nSPS) is 15.9. The third-order valence-corrected chi connectivity index (χ3v) is 5.26. The number of hydrazone groups is 1. The van der Waals surface area contributed by atoms with Gasteiger partial charge in [0.2, 0.25) is 12.7 Å². The average molecular weight is 425 g/mol. The molecule has 2 heterocycles. The second kappa shape index (κ2) is 9.43. The Balaban J connectivity index is 1.24. The first kappa shape index (κ1) is 20.6. The molecule has 0 unspecified atom stereocenters. The van der Waals surface area contributed by atoms with Gasteiger partial charge < -0.3 is 14.4 Å². The number of nitro benzene ring substituents is 1. The molecule has 31 heavy (non-hydrogen) atoms. The minimum absolute atomic E-state index is 0.0173. The summed E-state index contributed by atoms with van der Waals surface area (Å²) < 4.78 is 10.4. The fourth-order valence-corrected chi connectivity index (χ4v) is 3.57. The number of hydrogen-bond acceptors (Lipinski definition) is 8. The van der Waals surface area contributed by atoms with Crippen molar-refractivity contribution in [1.29, 1.82) is 0 Å². The number of carbonyl (C=O) groups is 1. The lowest BCUT2D eigenvalue weighted by molar-refractivity contribution is -0.385. The van der Waals surface area contributed by atoms with Crippen LogP contribution >= 0.6 is 0 Å². The van der Waals surface area contributed by atoms with Crippen molar-refractivity contribution in [2.45, 2.75) is 6.42 Å². The summed E-state index contributed by atoms with van der Waals surface area (Å²) in [5.74, 6) is 0.485. The fourth-order valence-electron chi connectivity index (χ4n) is 3.57. The number of nitro groups is 1. The minimum atomic E-state index is -0.528. The first-order chi connectivity index (χ1) is 15.1. The molecule has 1 amide bonds. The number of hydrogen-bond donors (Lipinski definition) is 1. The number of para-hydroxylation sites is 1. The van der Waals surface area contributed by atoms with Crippen LogP contribution in [0, 0.1) is 10.1 Å². The van der Waals surface area contributed by atoms with Crippen molar-refractivity contribution in [3.05, 3.63) is 58.1 Å². The topological polar surface area (TPSA) is 110 Å². The second-order valence-electron chi connectivity index (χ2n) is 7.23. The summed E-state index contributed by atoms with van der Waals surface area (Å²) in [6, 6.07) is 13.0. The monoisotopic (exact) mass is 425 g/mol. The largest absolute Gasteiger partial charge is 0.454 e. The van der Waals surface area contributed by atoms with E-state index in [1.165, 1.54) is 24.0 Å². The molecule has 0 saturated carbocycles. The van der Waals surface area contributed by atoms with Crippen LogP contribution in [0.25, 0.3) is 0 Å². The summed E-state index contributed by atoms with van der Waals surface area (Å²) in [5.41, 5.74) is 3.71. The van der Waals surface area contributed by atoms with Crippen LogP contribution in [0.4, 0.5) is 11.4 Å². The predicted molar refractivity (Wildman–Crippen MR) is 115 cm³/mol.